The summed E-state index contributed by atoms with van der Waals surface area (Å²) in [7, 11) is 0. The molecule has 3 aliphatic rings. The zero-order valence-electron chi connectivity index (χ0n) is 18.3. The number of cyclic esters (lactones) is 1. The quantitative estimate of drug-likeness (QED) is 0.733. The molecule has 168 valence electrons. The van der Waals surface area contributed by atoms with Crippen LogP contribution >= 0.6 is 0 Å². The molecule has 1 amide bonds. The summed E-state index contributed by atoms with van der Waals surface area (Å²) in [4.78, 5) is 21.0. The van der Waals surface area contributed by atoms with Gasteiger partial charge in [0, 0.05) is 31.0 Å². The van der Waals surface area contributed by atoms with Crippen molar-refractivity contribution >= 4 is 28.9 Å². The fourth-order valence-electron chi connectivity index (χ4n) is 4.14. The average molecular weight is 438 g/mol. The zero-order chi connectivity index (χ0) is 22.1. The van der Waals surface area contributed by atoms with Gasteiger partial charge < -0.3 is 19.5 Å². The summed E-state index contributed by atoms with van der Waals surface area (Å²) in [6.07, 6.45) is 6.04. The fraction of sp³-hybridized carbons (Fsp3) is 0.478. The van der Waals surface area contributed by atoms with Crippen LogP contribution in [-0.4, -0.2) is 53.2 Å². The predicted octanol–water partition coefficient (Wildman–Crippen LogP) is 3.74. The Labute approximate surface area is 186 Å². The van der Waals surface area contributed by atoms with E-state index in [1.54, 1.807) is 19.2 Å². The number of benzene rings is 1. The third kappa shape index (κ3) is 4.25. The Bertz CT molecular complexity index is 1110. The molecule has 0 saturated carbocycles. The van der Waals surface area contributed by atoms with E-state index in [2.05, 4.69) is 15.3 Å². The highest BCUT2D eigenvalue weighted by molar-refractivity contribution is 6.41. The van der Waals surface area contributed by atoms with Gasteiger partial charge in [-0.3, -0.25) is 0 Å². The van der Waals surface area contributed by atoms with Crippen molar-refractivity contribution in [1.82, 2.24) is 15.1 Å². The minimum absolute atomic E-state index is 0.0878. The van der Waals surface area contributed by atoms with Gasteiger partial charge in [0.25, 0.3) is 0 Å². The monoisotopic (exact) mass is 437 g/mol. The number of hydrogen-bond acceptors (Lipinski definition) is 7. The SMILES string of the molecule is C[C@@H]1/C=C2/N=CC(=N2)c2nn(C3CCCCO3)c3ccc(cc23)O[C@H](C)CCNC(=O)O1. The molecular weight excluding hydrogens is 410 g/mol. The first-order valence-corrected chi connectivity index (χ1v) is 11.2. The number of rotatable bonds is 1. The Hall–Kier alpha value is -3.20. The van der Waals surface area contributed by atoms with Gasteiger partial charge in [-0.2, -0.15) is 5.10 Å². The van der Waals surface area contributed by atoms with Gasteiger partial charge in [-0.15, -0.1) is 0 Å². The molecule has 1 unspecified atom stereocenters. The van der Waals surface area contributed by atoms with Gasteiger partial charge in [0.2, 0.25) is 0 Å². The van der Waals surface area contributed by atoms with Gasteiger partial charge in [-0.05, 0) is 51.3 Å². The van der Waals surface area contributed by atoms with Crippen LogP contribution in [0, 0.1) is 0 Å². The maximum atomic E-state index is 12.0. The molecule has 0 spiro atoms. The number of amides is 1. The molecule has 5 rings (SSSR count). The van der Waals surface area contributed by atoms with Gasteiger partial charge >= 0.3 is 6.09 Å². The number of fused-ring (bicyclic) bond motifs is 3. The third-order valence-corrected chi connectivity index (χ3v) is 5.74. The van der Waals surface area contributed by atoms with E-state index in [1.807, 2.05) is 29.8 Å². The van der Waals surface area contributed by atoms with E-state index in [4.69, 9.17) is 19.3 Å². The number of nitrogens with zero attached hydrogens (tertiary/aromatic N) is 4. The van der Waals surface area contributed by atoms with E-state index in [9.17, 15) is 4.79 Å². The topological polar surface area (TPSA) is 99.3 Å². The lowest BCUT2D eigenvalue weighted by Gasteiger charge is -2.23. The van der Waals surface area contributed by atoms with E-state index in [-0.39, 0.29) is 12.3 Å². The highest BCUT2D eigenvalue weighted by atomic mass is 16.6. The molecule has 9 heteroatoms. The lowest BCUT2D eigenvalue weighted by Crippen LogP contribution is -2.30. The van der Waals surface area contributed by atoms with Crippen LogP contribution in [0.1, 0.15) is 51.5 Å². The van der Waals surface area contributed by atoms with Crippen LogP contribution in [-0.2, 0) is 9.47 Å². The van der Waals surface area contributed by atoms with Crippen LogP contribution < -0.4 is 10.1 Å². The Morgan fingerprint density at radius 2 is 2.06 bits per heavy atom. The van der Waals surface area contributed by atoms with Crippen molar-refractivity contribution < 1.29 is 19.0 Å². The molecule has 1 N–H and O–H groups in total. The number of carbonyl (C=O) groups is 1. The lowest BCUT2D eigenvalue weighted by atomic mass is 10.1. The zero-order valence-corrected chi connectivity index (χ0v) is 18.3. The van der Waals surface area contributed by atoms with Crippen molar-refractivity contribution in [1.29, 1.82) is 0 Å². The molecule has 4 bridgehead atoms. The number of ether oxygens (including phenoxy) is 3. The smallest absolute Gasteiger partial charge is 0.407 e. The van der Waals surface area contributed by atoms with Crippen LogP contribution in [0.4, 0.5) is 4.79 Å². The molecule has 3 aliphatic heterocycles. The maximum absolute atomic E-state index is 12.0. The van der Waals surface area contributed by atoms with Crippen LogP contribution in [0.3, 0.4) is 0 Å². The van der Waals surface area contributed by atoms with Crippen molar-refractivity contribution in [2.75, 3.05) is 13.2 Å². The lowest BCUT2D eigenvalue weighted by molar-refractivity contribution is -0.0367. The minimum atomic E-state index is -0.477. The van der Waals surface area contributed by atoms with Gasteiger partial charge in [0.1, 0.15) is 23.3 Å². The number of aliphatic imine (C=N–C) groups is 2. The summed E-state index contributed by atoms with van der Waals surface area (Å²) in [6.45, 7) is 4.95. The van der Waals surface area contributed by atoms with Crippen LogP contribution in [0.15, 0.2) is 40.1 Å². The molecular formula is C23H27N5O4. The average Bonchev–Trinajstić information content (AvgIpc) is 3.38. The highest BCUT2D eigenvalue weighted by Crippen LogP contribution is 2.31. The summed E-state index contributed by atoms with van der Waals surface area (Å²) < 4.78 is 19.5. The van der Waals surface area contributed by atoms with E-state index in [1.165, 1.54) is 0 Å². The molecule has 1 aromatic carbocycles. The molecule has 0 aliphatic carbocycles. The Kier molecular flexibility index (Phi) is 5.65. The molecule has 1 aromatic heterocycles. The van der Waals surface area contributed by atoms with E-state index in [0.717, 1.165) is 48.2 Å². The normalized spacial score (nSPS) is 27.9. The number of nitrogens with one attached hydrogen (secondary N) is 1. The van der Waals surface area contributed by atoms with Crippen LogP contribution in [0.2, 0.25) is 0 Å². The Morgan fingerprint density at radius 3 is 2.91 bits per heavy atom. The molecule has 2 aromatic rings. The fourth-order valence-corrected chi connectivity index (χ4v) is 4.14. The molecule has 0 radical (unpaired) electrons. The second-order valence-corrected chi connectivity index (χ2v) is 8.33. The first-order valence-electron chi connectivity index (χ1n) is 11.2. The van der Waals surface area contributed by atoms with E-state index >= 15 is 0 Å². The highest BCUT2D eigenvalue weighted by Gasteiger charge is 2.24. The van der Waals surface area contributed by atoms with Crippen LogP contribution in [0.25, 0.3) is 10.9 Å². The van der Waals surface area contributed by atoms with Crippen molar-refractivity contribution in [2.45, 2.75) is 58.0 Å². The van der Waals surface area contributed by atoms with Gasteiger partial charge in [0.15, 0.2) is 12.0 Å². The first kappa shape index (κ1) is 20.7. The van der Waals surface area contributed by atoms with Crippen molar-refractivity contribution in [3.63, 3.8) is 0 Å². The standard InChI is InChI=1S/C23H27N5O4/c1-14-8-9-24-23(29)32-15(2)11-20-25-13-18(26-20)22-17-12-16(31-14)6-7-19(17)28(27-22)21-5-3-4-10-30-21/h6-7,11-15,21H,3-5,8-10H2,1-2H3,(H,24,29)/b20-11-/t14-,15-,21?/m1/s1. The summed E-state index contributed by atoms with van der Waals surface area (Å²) in [5.41, 5.74) is 2.37. The second kappa shape index (κ2) is 8.74. The molecule has 4 heterocycles. The van der Waals surface area contributed by atoms with Gasteiger partial charge in [-0.1, -0.05) is 0 Å². The second-order valence-electron chi connectivity index (χ2n) is 8.33. The molecule has 1 saturated heterocycles. The number of carbonyl (C=O) groups excluding carboxylic acids is 1. The largest absolute Gasteiger partial charge is 0.491 e. The van der Waals surface area contributed by atoms with Gasteiger partial charge in [0.05, 0.1) is 17.8 Å². The summed E-state index contributed by atoms with van der Waals surface area (Å²) in [5.74, 6) is 1.23. The number of hydrogen-bond donors (Lipinski definition) is 1. The van der Waals surface area contributed by atoms with Crippen LogP contribution in [0.5, 0.6) is 5.75 Å². The van der Waals surface area contributed by atoms with Crippen molar-refractivity contribution in [3.8, 4) is 5.75 Å². The molecule has 1 fully saturated rings. The molecule has 9 nitrogen and oxygen atoms in total. The molecule has 32 heavy (non-hydrogen) atoms. The maximum Gasteiger partial charge on any atom is 0.407 e. The summed E-state index contributed by atoms with van der Waals surface area (Å²) in [6, 6.07) is 5.98. The van der Waals surface area contributed by atoms with Gasteiger partial charge in [-0.25, -0.2) is 19.5 Å². The van der Waals surface area contributed by atoms with E-state index in [0.29, 0.717) is 24.5 Å². The first-order chi connectivity index (χ1) is 15.6. The predicted molar refractivity (Wildman–Crippen MR) is 120 cm³/mol. The summed E-state index contributed by atoms with van der Waals surface area (Å²) in [5, 5.41) is 8.60. The van der Waals surface area contributed by atoms with E-state index < -0.39 is 12.2 Å². The summed E-state index contributed by atoms with van der Waals surface area (Å²) >= 11 is 0. The Balaban J connectivity index is 1.59. The van der Waals surface area contributed by atoms with Crippen molar-refractivity contribution in [2.24, 2.45) is 9.98 Å². The number of aromatic nitrogens is 2. The van der Waals surface area contributed by atoms with Crippen molar-refractivity contribution in [3.05, 3.63) is 35.8 Å². The Morgan fingerprint density at radius 1 is 1.16 bits per heavy atom. The minimum Gasteiger partial charge on any atom is -0.491 e. The third-order valence-electron chi connectivity index (χ3n) is 5.74. The number of alkyl carbamates (subject to hydrolysis) is 1. The molecule has 3 atom stereocenters.